The van der Waals surface area contributed by atoms with Crippen LogP contribution in [0.2, 0.25) is 0 Å². The van der Waals surface area contributed by atoms with E-state index in [2.05, 4.69) is 10.4 Å². The van der Waals surface area contributed by atoms with Crippen LogP contribution in [0.15, 0.2) is 41.3 Å². The molecule has 0 unspecified atom stereocenters. The fourth-order valence-electron chi connectivity index (χ4n) is 3.01. The number of carbonyl (C=O) groups excluding carboxylic acids is 2. The highest BCUT2D eigenvalue weighted by molar-refractivity contribution is 6.00. The highest BCUT2D eigenvalue weighted by Crippen LogP contribution is 2.26. The fraction of sp³-hybridized carbons (Fsp3) is 0.368. The highest BCUT2D eigenvalue weighted by Gasteiger charge is 2.35. The average Bonchev–Trinajstić information content (AvgIpc) is 3.01. The van der Waals surface area contributed by atoms with Gasteiger partial charge < -0.3 is 10.2 Å². The van der Waals surface area contributed by atoms with Gasteiger partial charge in [0.2, 0.25) is 11.8 Å². The lowest BCUT2D eigenvalue weighted by Crippen LogP contribution is -2.36. The van der Waals surface area contributed by atoms with Crippen LogP contribution in [0, 0.1) is 19.8 Å². The molecule has 2 heterocycles. The Bertz CT molecular complexity index is 890. The third kappa shape index (κ3) is 3.82. The van der Waals surface area contributed by atoms with E-state index < -0.39 is 0 Å². The number of nitrogens with one attached hydrogen (secondary N) is 1. The number of hydrogen-bond donors (Lipinski definition) is 1. The van der Waals surface area contributed by atoms with Crippen LogP contribution in [0.5, 0.6) is 0 Å². The Hall–Kier alpha value is -2.96. The SMILES string of the molecule is Cc1ccc(N2C[C@H](C(=O)NCCn3ncccc3=O)CC2=O)cc1C. The zero-order valence-corrected chi connectivity index (χ0v) is 14.9. The van der Waals surface area contributed by atoms with Gasteiger partial charge in [0, 0.05) is 37.5 Å². The van der Waals surface area contributed by atoms with Gasteiger partial charge in [-0.3, -0.25) is 14.4 Å². The van der Waals surface area contributed by atoms with Gasteiger partial charge in [-0.05, 0) is 43.2 Å². The molecule has 7 heteroatoms. The van der Waals surface area contributed by atoms with Gasteiger partial charge in [-0.2, -0.15) is 5.10 Å². The molecule has 1 aliphatic rings. The number of anilines is 1. The number of aromatic nitrogens is 2. The van der Waals surface area contributed by atoms with Gasteiger partial charge in [0.05, 0.1) is 12.5 Å². The Morgan fingerprint density at radius 1 is 1.23 bits per heavy atom. The Morgan fingerprint density at radius 3 is 2.77 bits per heavy atom. The molecule has 0 bridgehead atoms. The van der Waals surface area contributed by atoms with Crippen molar-refractivity contribution in [3.05, 3.63) is 58.0 Å². The summed E-state index contributed by atoms with van der Waals surface area (Å²) < 4.78 is 1.29. The lowest BCUT2D eigenvalue weighted by Gasteiger charge is -2.18. The molecular weight excluding hydrogens is 332 g/mol. The molecule has 2 amide bonds. The number of carbonyl (C=O) groups is 2. The topological polar surface area (TPSA) is 84.3 Å². The molecule has 3 rings (SSSR count). The molecule has 0 saturated carbocycles. The molecule has 0 aliphatic carbocycles. The molecule has 0 radical (unpaired) electrons. The fourth-order valence-corrected chi connectivity index (χ4v) is 3.01. The van der Waals surface area contributed by atoms with E-state index in [9.17, 15) is 14.4 Å². The Kier molecular flexibility index (Phi) is 5.16. The molecule has 7 nitrogen and oxygen atoms in total. The summed E-state index contributed by atoms with van der Waals surface area (Å²) in [6, 6.07) is 8.86. The van der Waals surface area contributed by atoms with Crippen LogP contribution in [-0.2, 0) is 16.1 Å². The molecule has 0 spiro atoms. The molecular formula is C19H22N4O3. The quantitative estimate of drug-likeness (QED) is 0.869. The molecule has 1 atom stereocenters. The van der Waals surface area contributed by atoms with Crippen molar-refractivity contribution >= 4 is 17.5 Å². The van der Waals surface area contributed by atoms with Gasteiger partial charge in [-0.15, -0.1) is 0 Å². The standard InChI is InChI=1S/C19H22N4O3/c1-13-5-6-16(10-14(13)2)22-12-15(11-18(22)25)19(26)20-8-9-23-17(24)4-3-7-21-23/h3-7,10,15H,8-9,11-12H2,1-2H3,(H,20,26)/t15-/m1/s1. The summed E-state index contributed by atoms with van der Waals surface area (Å²) in [5.74, 6) is -0.604. The van der Waals surface area contributed by atoms with Crippen molar-refractivity contribution in [1.29, 1.82) is 0 Å². The molecule has 1 N–H and O–H groups in total. The summed E-state index contributed by atoms with van der Waals surface area (Å²) in [6.45, 7) is 4.99. The Balaban J connectivity index is 1.57. The minimum atomic E-state index is -0.385. The van der Waals surface area contributed by atoms with E-state index in [-0.39, 0.29) is 29.7 Å². The first-order chi connectivity index (χ1) is 12.5. The van der Waals surface area contributed by atoms with Crippen LogP contribution in [0.1, 0.15) is 17.5 Å². The maximum absolute atomic E-state index is 12.4. The summed E-state index contributed by atoms with van der Waals surface area (Å²) >= 11 is 0. The number of amides is 2. The summed E-state index contributed by atoms with van der Waals surface area (Å²) in [5, 5.41) is 6.74. The monoisotopic (exact) mass is 354 g/mol. The van der Waals surface area contributed by atoms with E-state index in [1.165, 1.54) is 22.5 Å². The predicted octanol–water partition coefficient (Wildman–Crippen LogP) is 1.03. The Labute approximate surface area is 151 Å². The maximum atomic E-state index is 12.4. The van der Waals surface area contributed by atoms with E-state index in [4.69, 9.17) is 0 Å². The minimum Gasteiger partial charge on any atom is -0.354 e. The summed E-state index contributed by atoms with van der Waals surface area (Å²) in [7, 11) is 0. The Morgan fingerprint density at radius 2 is 2.04 bits per heavy atom. The zero-order chi connectivity index (χ0) is 18.7. The third-order valence-electron chi connectivity index (χ3n) is 4.71. The molecule has 1 aromatic heterocycles. The largest absolute Gasteiger partial charge is 0.354 e. The second kappa shape index (κ2) is 7.51. The molecule has 26 heavy (non-hydrogen) atoms. The highest BCUT2D eigenvalue weighted by atomic mass is 16.2. The van der Waals surface area contributed by atoms with Gasteiger partial charge in [0.25, 0.3) is 5.56 Å². The van der Waals surface area contributed by atoms with Crippen molar-refractivity contribution in [2.75, 3.05) is 18.0 Å². The number of benzene rings is 1. The van der Waals surface area contributed by atoms with Crippen molar-refractivity contribution in [3.63, 3.8) is 0 Å². The van der Waals surface area contributed by atoms with Crippen molar-refractivity contribution < 1.29 is 9.59 Å². The van der Waals surface area contributed by atoms with Gasteiger partial charge in [-0.1, -0.05) is 6.07 Å². The van der Waals surface area contributed by atoms with Crippen LogP contribution < -0.4 is 15.8 Å². The second-order valence-electron chi connectivity index (χ2n) is 6.55. The maximum Gasteiger partial charge on any atom is 0.266 e. The number of rotatable bonds is 5. The number of nitrogens with zero attached hydrogens (tertiary/aromatic N) is 3. The van der Waals surface area contributed by atoms with Gasteiger partial charge >= 0.3 is 0 Å². The molecule has 1 aliphatic heterocycles. The molecule has 1 fully saturated rings. The van der Waals surface area contributed by atoms with Crippen molar-refractivity contribution in [2.45, 2.75) is 26.8 Å². The van der Waals surface area contributed by atoms with Crippen molar-refractivity contribution in [3.8, 4) is 0 Å². The van der Waals surface area contributed by atoms with E-state index in [1.807, 2.05) is 32.0 Å². The van der Waals surface area contributed by atoms with Crippen LogP contribution >= 0.6 is 0 Å². The molecule has 2 aromatic rings. The van der Waals surface area contributed by atoms with Crippen LogP contribution in [0.3, 0.4) is 0 Å². The first-order valence-corrected chi connectivity index (χ1v) is 8.63. The molecule has 1 saturated heterocycles. The zero-order valence-electron chi connectivity index (χ0n) is 14.9. The van der Waals surface area contributed by atoms with Crippen LogP contribution in [0.4, 0.5) is 5.69 Å². The predicted molar refractivity (Wildman–Crippen MR) is 97.9 cm³/mol. The van der Waals surface area contributed by atoms with Crippen molar-refractivity contribution in [2.24, 2.45) is 5.92 Å². The smallest absolute Gasteiger partial charge is 0.266 e. The van der Waals surface area contributed by atoms with E-state index in [1.54, 1.807) is 11.0 Å². The van der Waals surface area contributed by atoms with E-state index >= 15 is 0 Å². The minimum absolute atomic E-state index is 0.0469. The number of aryl methyl sites for hydroxylation is 2. The van der Waals surface area contributed by atoms with E-state index in [0.717, 1.165) is 11.3 Å². The molecule has 136 valence electrons. The second-order valence-corrected chi connectivity index (χ2v) is 6.55. The molecule has 1 aromatic carbocycles. The summed E-state index contributed by atoms with van der Waals surface area (Å²) in [5.41, 5.74) is 2.90. The summed E-state index contributed by atoms with van der Waals surface area (Å²) in [6.07, 6.45) is 1.72. The summed E-state index contributed by atoms with van der Waals surface area (Å²) in [4.78, 5) is 37.9. The lowest BCUT2D eigenvalue weighted by molar-refractivity contribution is -0.126. The first kappa shape index (κ1) is 17.8. The lowest BCUT2D eigenvalue weighted by atomic mass is 10.1. The first-order valence-electron chi connectivity index (χ1n) is 8.63. The van der Waals surface area contributed by atoms with Crippen LogP contribution in [0.25, 0.3) is 0 Å². The normalized spacial score (nSPS) is 16.8. The third-order valence-corrected chi connectivity index (χ3v) is 4.71. The van der Waals surface area contributed by atoms with Crippen molar-refractivity contribution in [1.82, 2.24) is 15.1 Å². The van der Waals surface area contributed by atoms with E-state index in [0.29, 0.717) is 19.6 Å². The number of hydrogen-bond acceptors (Lipinski definition) is 4. The average molecular weight is 354 g/mol. The van der Waals surface area contributed by atoms with Gasteiger partial charge in [-0.25, -0.2) is 4.68 Å². The van der Waals surface area contributed by atoms with Gasteiger partial charge in [0.15, 0.2) is 0 Å². The van der Waals surface area contributed by atoms with Gasteiger partial charge in [0.1, 0.15) is 0 Å². The van der Waals surface area contributed by atoms with Crippen LogP contribution in [-0.4, -0.2) is 34.7 Å².